The second-order valence-corrected chi connectivity index (χ2v) is 7.31. The molecule has 0 aliphatic rings. The standard InChI is InChI=1S/C22H43NO2/c1-4-5-6-7-8-9-10-11-12-13-14-15-19-25-20-18-23-22(24)17-16-21(2)3/h2,4-20H2,1,3H3,(H,23,24). The van der Waals surface area contributed by atoms with E-state index in [4.69, 9.17) is 4.74 Å². The lowest BCUT2D eigenvalue weighted by Crippen LogP contribution is -2.27. The molecule has 0 bridgehead atoms. The summed E-state index contributed by atoms with van der Waals surface area (Å²) >= 11 is 0. The molecule has 0 aromatic heterocycles. The summed E-state index contributed by atoms with van der Waals surface area (Å²) in [5.41, 5.74) is 1.05. The largest absolute Gasteiger partial charge is 0.380 e. The maximum absolute atomic E-state index is 11.5. The third kappa shape index (κ3) is 21.1. The number of carbonyl (C=O) groups is 1. The van der Waals surface area contributed by atoms with Gasteiger partial charge in [0.25, 0.3) is 0 Å². The van der Waals surface area contributed by atoms with Gasteiger partial charge in [0.1, 0.15) is 0 Å². The van der Waals surface area contributed by atoms with Crippen molar-refractivity contribution in [2.45, 2.75) is 104 Å². The maximum Gasteiger partial charge on any atom is 0.220 e. The van der Waals surface area contributed by atoms with Gasteiger partial charge in [0.2, 0.25) is 5.91 Å². The van der Waals surface area contributed by atoms with Gasteiger partial charge in [-0.05, 0) is 19.8 Å². The maximum atomic E-state index is 11.5. The molecule has 1 amide bonds. The predicted octanol–water partition coefficient (Wildman–Crippen LogP) is 6.18. The second kappa shape index (κ2) is 19.5. The number of rotatable bonds is 19. The van der Waals surface area contributed by atoms with E-state index in [2.05, 4.69) is 18.8 Å². The minimum Gasteiger partial charge on any atom is -0.380 e. The van der Waals surface area contributed by atoms with Gasteiger partial charge in [0.05, 0.1) is 6.61 Å². The Hall–Kier alpha value is -0.830. The van der Waals surface area contributed by atoms with E-state index in [9.17, 15) is 4.79 Å². The number of hydrogen-bond acceptors (Lipinski definition) is 2. The average molecular weight is 354 g/mol. The van der Waals surface area contributed by atoms with E-state index in [1.54, 1.807) is 0 Å². The van der Waals surface area contributed by atoms with Gasteiger partial charge in [-0.25, -0.2) is 0 Å². The molecule has 0 atom stereocenters. The van der Waals surface area contributed by atoms with Crippen molar-refractivity contribution < 1.29 is 9.53 Å². The van der Waals surface area contributed by atoms with Crippen molar-refractivity contribution in [1.82, 2.24) is 5.32 Å². The number of unbranched alkanes of at least 4 members (excludes halogenated alkanes) is 11. The first-order valence-corrected chi connectivity index (χ1v) is 10.7. The molecule has 148 valence electrons. The first-order chi connectivity index (χ1) is 12.2. The number of amides is 1. The number of carbonyl (C=O) groups excluding carboxylic acids is 1. The van der Waals surface area contributed by atoms with Crippen LogP contribution in [0.4, 0.5) is 0 Å². The molecule has 1 N–H and O–H groups in total. The summed E-state index contributed by atoms with van der Waals surface area (Å²) in [6.07, 6.45) is 17.7. The van der Waals surface area contributed by atoms with Gasteiger partial charge >= 0.3 is 0 Å². The smallest absolute Gasteiger partial charge is 0.220 e. The molecule has 0 aliphatic heterocycles. The lowest BCUT2D eigenvalue weighted by atomic mass is 10.1. The van der Waals surface area contributed by atoms with E-state index in [-0.39, 0.29) is 5.91 Å². The third-order valence-electron chi connectivity index (χ3n) is 4.49. The van der Waals surface area contributed by atoms with E-state index < -0.39 is 0 Å². The molecule has 0 rings (SSSR count). The fourth-order valence-corrected chi connectivity index (χ4v) is 2.83. The van der Waals surface area contributed by atoms with Crippen molar-refractivity contribution in [3.63, 3.8) is 0 Å². The zero-order valence-corrected chi connectivity index (χ0v) is 17.0. The normalized spacial score (nSPS) is 10.8. The van der Waals surface area contributed by atoms with Crippen molar-refractivity contribution >= 4 is 5.91 Å². The van der Waals surface area contributed by atoms with Gasteiger partial charge in [-0.2, -0.15) is 0 Å². The second-order valence-electron chi connectivity index (χ2n) is 7.31. The minimum absolute atomic E-state index is 0.0944. The Morgan fingerprint density at radius 1 is 0.800 bits per heavy atom. The van der Waals surface area contributed by atoms with Crippen LogP contribution in [0.2, 0.25) is 0 Å². The molecule has 3 nitrogen and oxygen atoms in total. The van der Waals surface area contributed by atoms with Crippen LogP contribution in [-0.2, 0) is 9.53 Å². The summed E-state index contributed by atoms with van der Waals surface area (Å²) in [5.74, 6) is 0.0944. The molecule has 0 spiro atoms. The Labute approximate surface area is 157 Å². The molecule has 0 saturated carbocycles. The summed E-state index contributed by atoms with van der Waals surface area (Å²) < 4.78 is 5.57. The molecule has 0 saturated heterocycles. The highest BCUT2D eigenvalue weighted by Crippen LogP contribution is 2.11. The van der Waals surface area contributed by atoms with Crippen molar-refractivity contribution in [2.24, 2.45) is 0 Å². The Kier molecular flexibility index (Phi) is 18.8. The average Bonchev–Trinajstić information content (AvgIpc) is 2.59. The molecule has 0 aliphatic carbocycles. The lowest BCUT2D eigenvalue weighted by Gasteiger charge is -2.07. The number of hydrogen-bond donors (Lipinski definition) is 1. The molecule has 0 aromatic carbocycles. The fourth-order valence-electron chi connectivity index (χ4n) is 2.83. The molecular formula is C22H43NO2. The molecule has 0 fully saturated rings. The fraction of sp³-hybridized carbons (Fsp3) is 0.864. The minimum atomic E-state index is 0.0944. The number of allylic oxidation sites excluding steroid dienone is 1. The SMILES string of the molecule is C=C(C)CCC(=O)NCCOCCCCCCCCCCCCCC. The van der Waals surface area contributed by atoms with Crippen LogP contribution in [-0.4, -0.2) is 25.7 Å². The molecular weight excluding hydrogens is 310 g/mol. The van der Waals surface area contributed by atoms with E-state index in [0.29, 0.717) is 19.6 Å². The van der Waals surface area contributed by atoms with Gasteiger partial charge < -0.3 is 10.1 Å². The zero-order chi connectivity index (χ0) is 18.6. The quantitative estimate of drug-likeness (QED) is 0.222. The molecule has 3 heteroatoms. The number of ether oxygens (including phenoxy) is 1. The van der Waals surface area contributed by atoms with E-state index in [1.165, 1.54) is 70.6 Å². The Morgan fingerprint density at radius 2 is 1.32 bits per heavy atom. The molecule has 0 heterocycles. The summed E-state index contributed by atoms with van der Waals surface area (Å²) in [5, 5.41) is 2.88. The van der Waals surface area contributed by atoms with Gasteiger partial charge in [0, 0.05) is 19.6 Å². The molecule has 0 aromatic rings. The summed E-state index contributed by atoms with van der Waals surface area (Å²) in [6.45, 7) is 10.1. The highest BCUT2D eigenvalue weighted by atomic mass is 16.5. The summed E-state index contributed by atoms with van der Waals surface area (Å²) in [6, 6.07) is 0. The van der Waals surface area contributed by atoms with Crippen LogP contribution >= 0.6 is 0 Å². The Morgan fingerprint density at radius 3 is 1.84 bits per heavy atom. The highest BCUT2D eigenvalue weighted by Gasteiger charge is 2.00. The summed E-state index contributed by atoms with van der Waals surface area (Å²) in [7, 11) is 0. The third-order valence-corrected chi connectivity index (χ3v) is 4.49. The van der Waals surface area contributed by atoms with Gasteiger partial charge in [0.15, 0.2) is 0 Å². The highest BCUT2D eigenvalue weighted by molar-refractivity contribution is 5.76. The monoisotopic (exact) mass is 353 g/mol. The Balaban J connectivity index is 3.09. The number of nitrogens with one attached hydrogen (secondary N) is 1. The van der Waals surface area contributed by atoms with Crippen LogP contribution in [0.25, 0.3) is 0 Å². The van der Waals surface area contributed by atoms with Gasteiger partial charge in [-0.1, -0.05) is 83.1 Å². The topological polar surface area (TPSA) is 38.3 Å². The zero-order valence-electron chi connectivity index (χ0n) is 17.0. The van der Waals surface area contributed by atoms with Crippen molar-refractivity contribution in [2.75, 3.05) is 19.8 Å². The van der Waals surface area contributed by atoms with Crippen molar-refractivity contribution in [3.05, 3.63) is 12.2 Å². The van der Waals surface area contributed by atoms with E-state index in [1.807, 2.05) is 6.92 Å². The van der Waals surface area contributed by atoms with Crippen LogP contribution in [0.3, 0.4) is 0 Å². The van der Waals surface area contributed by atoms with Crippen molar-refractivity contribution in [1.29, 1.82) is 0 Å². The first-order valence-electron chi connectivity index (χ1n) is 10.7. The van der Waals surface area contributed by atoms with Crippen molar-refractivity contribution in [3.8, 4) is 0 Å². The predicted molar refractivity (Wildman–Crippen MR) is 109 cm³/mol. The first kappa shape index (κ1) is 24.2. The van der Waals surface area contributed by atoms with Crippen LogP contribution in [0.15, 0.2) is 12.2 Å². The van der Waals surface area contributed by atoms with E-state index in [0.717, 1.165) is 25.0 Å². The summed E-state index contributed by atoms with van der Waals surface area (Å²) in [4.78, 5) is 11.5. The van der Waals surface area contributed by atoms with E-state index >= 15 is 0 Å². The Bertz CT molecular complexity index is 315. The molecule has 0 radical (unpaired) electrons. The molecule has 25 heavy (non-hydrogen) atoms. The van der Waals surface area contributed by atoms with Crippen LogP contribution < -0.4 is 5.32 Å². The molecule has 0 unspecified atom stereocenters. The lowest BCUT2D eigenvalue weighted by molar-refractivity contribution is -0.121. The van der Waals surface area contributed by atoms with Gasteiger partial charge in [-0.15, -0.1) is 6.58 Å². The van der Waals surface area contributed by atoms with Crippen LogP contribution in [0.1, 0.15) is 104 Å². The van der Waals surface area contributed by atoms with Gasteiger partial charge in [-0.3, -0.25) is 4.79 Å². The van der Waals surface area contributed by atoms with Crippen LogP contribution in [0.5, 0.6) is 0 Å². The van der Waals surface area contributed by atoms with Crippen LogP contribution in [0, 0.1) is 0 Å².